The van der Waals surface area contributed by atoms with E-state index in [1.54, 1.807) is 19.2 Å². The molecule has 1 atom stereocenters. The molecule has 1 aromatic carbocycles. The van der Waals surface area contributed by atoms with Gasteiger partial charge in [-0.2, -0.15) is 0 Å². The van der Waals surface area contributed by atoms with Crippen molar-refractivity contribution in [3.63, 3.8) is 0 Å². The van der Waals surface area contributed by atoms with Gasteiger partial charge in [0.2, 0.25) is 5.76 Å². The fourth-order valence-corrected chi connectivity index (χ4v) is 2.07. The predicted molar refractivity (Wildman–Crippen MR) is 78.3 cm³/mol. The first kappa shape index (κ1) is 15.1. The highest BCUT2D eigenvalue weighted by Gasteiger charge is 2.13. The molecule has 0 unspecified atom stereocenters. The van der Waals surface area contributed by atoms with Gasteiger partial charge in [-0.05, 0) is 25.1 Å². The van der Waals surface area contributed by atoms with Crippen molar-refractivity contribution in [3.8, 4) is 5.75 Å². The van der Waals surface area contributed by atoms with Gasteiger partial charge in [0.1, 0.15) is 11.5 Å². The van der Waals surface area contributed by atoms with Crippen molar-refractivity contribution in [2.45, 2.75) is 19.5 Å². The summed E-state index contributed by atoms with van der Waals surface area (Å²) in [7, 11) is 2.98. The third kappa shape index (κ3) is 3.64. The van der Waals surface area contributed by atoms with Crippen LogP contribution >= 0.6 is 0 Å². The summed E-state index contributed by atoms with van der Waals surface area (Å²) in [4.78, 5) is 11.3. The Kier molecular flexibility index (Phi) is 5.00. The fourth-order valence-electron chi connectivity index (χ4n) is 2.07. The van der Waals surface area contributed by atoms with Crippen LogP contribution in [0.25, 0.3) is 0 Å². The van der Waals surface area contributed by atoms with Gasteiger partial charge in [-0.25, -0.2) is 4.79 Å². The molecule has 2 aromatic rings. The molecule has 112 valence electrons. The van der Waals surface area contributed by atoms with Gasteiger partial charge in [0.15, 0.2) is 0 Å². The first-order chi connectivity index (χ1) is 10.2. The molecule has 0 aliphatic heterocycles. The zero-order chi connectivity index (χ0) is 15.2. The number of carbonyl (C=O) groups is 1. The van der Waals surface area contributed by atoms with E-state index in [9.17, 15) is 4.79 Å². The number of nitrogens with one attached hydrogen (secondary N) is 1. The van der Waals surface area contributed by atoms with E-state index in [4.69, 9.17) is 9.15 Å². The minimum Gasteiger partial charge on any atom is -0.496 e. The number of carbonyl (C=O) groups excluding carboxylic acids is 1. The summed E-state index contributed by atoms with van der Waals surface area (Å²) < 4.78 is 15.4. The van der Waals surface area contributed by atoms with Gasteiger partial charge in [-0.15, -0.1) is 0 Å². The summed E-state index contributed by atoms with van der Waals surface area (Å²) in [6.07, 6.45) is 0. The van der Waals surface area contributed by atoms with Gasteiger partial charge in [-0.3, -0.25) is 0 Å². The lowest BCUT2D eigenvalue weighted by atomic mass is 10.1. The molecule has 1 N–H and O–H groups in total. The molecule has 0 radical (unpaired) electrons. The molecule has 1 aromatic heterocycles. The quantitative estimate of drug-likeness (QED) is 0.828. The highest BCUT2D eigenvalue weighted by Crippen LogP contribution is 2.24. The maximum Gasteiger partial charge on any atom is 0.373 e. The molecule has 0 spiro atoms. The number of hydrogen-bond acceptors (Lipinski definition) is 5. The van der Waals surface area contributed by atoms with E-state index in [0.717, 1.165) is 11.3 Å². The maximum atomic E-state index is 11.3. The van der Waals surface area contributed by atoms with Crippen LogP contribution in [0, 0.1) is 0 Å². The monoisotopic (exact) mass is 289 g/mol. The number of rotatable bonds is 6. The summed E-state index contributed by atoms with van der Waals surface area (Å²) in [6, 6.07) is 11.3. The fraction of sp³-hybridized carbons (Fsp3) is 0.312. The van der Waals surface area contributed by atoms with Crippen LogP contribution in [0.3, 0.4) is 0 Å². The predicted octanol–water partition coefficient (Wildman–Crippen LogP) is 2.93. The summed E-state index contributed by atoms with van der Waals surface area (Å²) in [6.45, 7) is 2.55. The first-order valence-electron chi connectivity index (χ1n) is 6.69. The van der Waals surface area contributed by atoms with Crippen LogP contribution in [-0.4, -0.2) is 20.2 Å². The normalized spacial score (nSPS) is 12.0. The largest absolute Gasteiger partial charge is 0.496 e. The molecule has 5 nitrogen and oxygen atoms in total. The zero-order valence-corrected chi connectivity index (χ0v) is 12.4. The molecule has 0 amide bonds. The molecule has 0 saturated heterocycles. The van der Waals surface area contributed by atoms with E-state index < -0.39 is 5.97 Å². The lowest BCUT2D eigenvalue weighted by Gasteiger charge is -2.16. The van der Waals surface area contributed by atoms with Crippen molar-refractivity contribution in [2.24, 2.45) is 0 Å². The van der Waals surface area contributed by atoms with E-state index in [2.05, 4.69) is 10.1 Å². The van der Waals surface area contributed by atoms with Crippen LogP contribution < -0.4 is 10.1 Å². The van der Waals surface area contributed by atoms with Crippen molar-refractivity contribution in [1.82, 2.24) is 5.32 Å². The Balaban J connectivity index is 1.99. The molecule has 0 fully saturated rings. The molecule has 0 aliphatic rings. The van der Waals surface area contributed by atoms with Crippen molar-refractivity contribution in [2.75, 3.05) is 14.2 Å². The topological polar surface area (TPSA) is 60.7 Å². The van der Waals surface area contributed by atoms with Crippen LogP contribution in [0.4, 0.5) is 0 Å². The first-order valence-corrected chi connectivity index (χ1v) is 6.69. The van der Waals surface area contributed by atoms with E-state index in [1.165, 1.54) is 7.11 Å². The smallest absolute Gasteiger partial charge is 0.373 e. The highest BCUT2D eigenvalue weighted by atomic mass is 16.5. The minimum atomic E-state index is -0.473. The van der Waals surface area contributed by atoms with Crippen LogP contribution in [-0.2, 0) is 11.3 Å². The average molecular weight is 289 g/mol. The second-order valence-electron chi connectivity index (χ2n) is 4.60. The average Bonchev–Trinajstić information content (AvgIpc) is 3.00. The SMILES string of the molecule is COC(=O)c1ccc(CN[C@H](C)c2ccccc2OC)o1. The molecule has 1 heterocycles. The number of benzene rings is 1. The Hall–Kier alpha value is -2.27. The lowest BCUT2D eigenvalue weighted by molar-refractivity contribution is 0.0563. The highest BCUT2D eigenvalue weighted by molar-refractivity contribution is 5.86. The van der Waals surface area contributed by atoms with Crippen molar-refractivity contribution in [3.05, 3.63) is 53.5 Å². The van der Waals surface area contributed by atoms with Gasteiger partial charge in [-0.1, -0.05) is 18.2 Å². The molecular weight excluding hydrogens is 270 g/mol. The van der Waals surface area contributed by atoms with Crippen LogP contribution in [0.2, 0.25) is 0 Å². The van der Waals surface area contributed by atoms with Gasteiger partial charge >= 0.3 is 5.97 Å². The molecule has 21 heavy (non-hydrogen) atoms. The molecular formula is C16H19NO4. The molecule has 0 saturated carbocycles. The van der Waals surface area contributed by atoms with Gasteiger partial charge < -0.3 is 19.2 Å². The second-order valence-corrected chi connectivity index (χ2v) is 4.60. The Labute approximate surface area is 123 Å². The van der Waals surface area contributed by atoms with Crippen LogP contribution in [0.1, 0.15) is 34.8 Å². The third-order valence-corrected chi connectivity index (χ3v) is 3.24. The standard InChI is InChI=1S/C16H19NO4/c1-11(13-6-4-5-7-14(13)19-2)17-10-12-8-9-15(21-12)16(18)20-3/h4-9,11,17H,10H2,1-3H3/t11-/m1/s1. The Bertz CT molecular complexity index is 606. The van der Waals surface area contributed by atoms with E-state index in [0.29, 0.717) is 12.3 Å². The lowest BCUT2D eigenvalue weighted by Crippen LogP contribution is -2.18. The Morgan fingerprint density at radius 2 is 2.00 bits per heavy atom. The molecule has 0 bridgehead atoms. The summed E-state index contributed by atoms with van der Waals surface area (Å²) in [5.74, 6) is 1.25. The van der Waals surface area contributed by atoms with Crippen molar-refractivity contribution < 1.29 is 18.7 Å². The molecule has 2 rings (SSSR count). The van der Waals surface area contributed by atoms with E-state index >= 15 is 0 Å². The van der Waals surface area contributed by atoms with Crippen molar-refractivity contribution >= 4 is 5.97 Å². The van der Waals surface area contributed by atoms with Gasteiger partial charge in [0, 0.05) is 11.6 Å². The summed E-state index contributed by atoms with van der Waals surface area (Å²) in [5, 5.41) is 3.33. The second kappa shape index (κ2) is 6.95. The summed E-state index contributed by atoms with van der Waals surface area (Å²) in [5.41, 5.74) is 1.07. The number of esters is 1. The van der Waals surface area contributed by atoms with Crippen LogP contribution in [0.5, 0.6) is 5.75 Å². The number of methoxy groups -OCH3 is 2. The van der Waals surface area contributed by atoms with Crippen LogP contribution in [0.15, 0.2) is 40.8 Å². The number of hydrogen-bond donors (Lipinski definition) is 1. The maximum absolute atomic E-state index is 11.3. The van der Waals surface area contributed by atoms with Gasteiger partial charge in [0.05, 0.1) is 20.8 Å². The molecule has 5 heteroatoms. The third-order valence-electron chi connectivity index (χ3n) is 3.24. The Morgan fingerprint density at radius 1 is 1.24 bits per heavy atom. The number of para-hydroxylation sites is 1. The van der Waals surface area contributed by atoms with E-state index in [1.807, 2.05) is 31.2 Å². The minimum absolute atomic E-state index is 0.0906. The van der Waals surface area contributed by atoms with Crippen molar-refractivity contribution in [1.29, 1.82) is 0 Å². The zero-order valence-electron chi connectivity index (χ0n) is 12.4. The Morgan fingerprint density at radius 3 is 2.71 bits per heavy atom. The molecule has 0 aliphatic carbocycles. The number of ether oxygens (including phenoxy) is 2. The number of furan rings is 1. The van der Waals surface area contributed by atoms with Gasteiger partial charge in [0.25, 0.3) is 0 Å². The van der Waals surface area contributed by atoms with E-state index in [-0.39, 0.29) is 11.8 Å². The summed E-state index contributed by atoms with van der Waals surface area (Å²) >= 11 is 0.